The summed E-state index contributed by atoms with van der Waals surface area (Å²) in [5, 5.41) is 3.71. The first-order valence-electron chi connectivity index (χ1n) is 7.10. The largest absolute Gasteiger partial charge is 0.482 e. The van der Waals surface area contributed by atoms with E-state index in [2.05, 4.69) is 5.32 Å². The standard InChI is InChI=1S/C17H16Cl3NO3/c1-23-9-12-4-2-11(3-5-12)8-21-17(22)10-24-16-7-14(19)13(18)6-15(16)20/h2-7H,8-10H2,1H3,(H,21,22). The first kappa shape index (κ1) is 18.9. The van der Waals surface area contributed by atoms with Gasteiger partial charge in [0, 0.05) is 19.7 Å². The molecular weight excluding hydrogens is 373 g/mol. The summed E-state index contributed by atoms with van der Waals surface area (Å²) in [7, 11) is 1.65. The van der Waals surface area contributed by atoms with Crippen LogP contribution in [0.25, 0.3) is 0 Å². The Balaban J connectivity index is 1.82. The number of nitrogens with one attached hydrogen (secondary N) is 1. The number of ether oxygens (including phenoxy) is 2. The summed E-state index contributed by atoms with van der Waals surface area (Å²) in [6, 6.07) is 10.7. The molecule has 2 rings (SSSR count). The Morgan fingerprint density at radius 1 is 1.00 bits per heavy atom. The zero-order valence-electron chi connectivity index (χ0n) is 12.9. The van der Waals surface area contributed by atoms with Gasteiger partial charge in [0.2, 0.25) is 0 Å². The lowest BCUT2D eigenvalue weighted by Gasteiger charge is -2.10. The number of benzene rings is 2. The number of halogens is 3. The molecule has 0 aromatic heterocycles. The third kappa shape index (κ3) is 5.56. The fourth-order valence-corrected chi connectivity index (χ4v) is 2.52. The minimum Gasteiger partial charge on any atom is -0.482 e. The van der Waals surface area contributed by atoms with Gasteiger partial charge in [-0.2, -0.15) is 0 Å². The van der Waals surface area contributed by atoms with Crippen molar-refractivity contribution in [3.63, 3.8) is 0 Å². The van der Waals surface area contributed by atoms with Gasteiger partial charge >= 0.3 is 0 Å². The maximum absolute atomic E-state index is 11.9. The van der Waals surface area contributed by atoms with Gasteiger partial charge in [0.25, 0.3) is 5.91 Å². The van der Waals surface area contributed by atoms with Crippen LogP contribution in [0.1, 0.15) is 11.1 Å². The number of rotatable bonds is 7. The molecule has 0 unspecified atom stereocenters. The predicted molar refractivity (Wildman–Crippen MR) is 96.0 cm³/mol. The predicted octanol–water partition coefficient (Wildman–Crippen LogP) is 4.49. The summed E-state index contributed by atoms with van der Waals surface area (Å²) < 4.78 is 10.4. The minimum atomic E-state index is -0.266. The first-order chi connectivity index (χ1) is 11.5. The lowest BCUT2D eigenvalue weighted by molar-refractivity contribution is -0.123. The van der Waals surface area contributed by atoms with Crippen molar-refractivity contribution in [3.8, 4) is 5.75 Å². The molecule has 0 heterocycles. The van der Waals surface area contributed by atoms with Gasteiger partial charge < -0.3 is 14.8 Å². The molecule has 0 aliphatic carbocycles. The molecule has 0 fully saturated rings. The van der Waals surface area contributed by atoms with Crippen LogP contribution >= 0.6 is 34.8 Å². The molecule has 0 saturated carbocycles. The van der Waals surface area contributed by atoms with Gasteiger partial charge in [-0.25, -0.2) is 0 Å². The molecule has 0 aliphatic rings. The Morgan fingerprint density at radius 3 is 2.29 bits per heavy atom. The van der Waals surface area contributed by atoms with Crippen LogP contribution in [-0.4, -0.2) is 19.6 Å². The van der Waals surface area contributed by atoms with Crippen molar-refractivity contribution in [1.82, 2.24) is 5.32 Å². The van der Waals surface area contributed by atoms with E-state index in [1.165, 1.54) is 12.1 Å². The second-order valence-corrected chi connectivity index (χ2v) is 6.23. The van der Waals surface area contributed by atoms with E-state index in [9.17, 15) is 4.79 Å². The number of methoxy groups -OCH3 is 1. The number of hydrogen-bond donors (Lipinski definition) is 1. The molecule has 0 spiro atoms. The molecular formula is C17H16Cl3NO3. The van der Waals surface area contributed by atoms with E-state index < -0.39 is 0 Å². The highest BCUT2D eigenvalue weighted by atomic mass is 35.5. The molecule has 1 N–H and O–H groups in total. The zero-order chi connectivity index (χ0) is 17.5. The molecule has 128 valence electrons. The number of carbonyl (C=O) groups is 1. The molecule has 0 aliphatic heterocycles. The van der Waals surface area contributed by atoms with Crippen LogP contribution in [0, 0.1) is 0 Å². The monoisotopic (exact) mass is 387 g/mol. The van der Waals surface area contributed by atoms with E-state index in [1.807, 2.05) is 24.3 Å². The molecule has 2 aromatic carbocycles. The molecule has 0 atom stereocenters. The average molecular weight is 389 g/mol. The van der Waals surface area contributed by atoms with E-state index in [1.54, 1.807) is 7.11 Å². The lowest BCUT2D eigenvalue weighted by Crippen LogP contribution is -2.28. The summed E-state index contributed by atoms with van der Waals surface area (Å²) >= 11 is 17.7. The van der Waals surface area contributed by atoms with Crippen LogP contribution in [0.3, 0.4) is 0 Å². The van der Waals surface area contributed by atoms with Gasteiger partial charge in [0.05, 0.1) is 21.7 Å². The Kier molecular flexibility index (Phi) is 7.18. The van der Waals surface area contributed by atoms with E-state index in [4.69, 9.17) is 44.3 Å². The fraction of sp³-hybridized carbons (Fsp3) is 0.235. The summed E-state index contributed by atoms with van der Waals surface area (Å²) in [5.41, 5.74) is 2.06. The van der Waals surface area contributed by atoms with Gasteiger partial charge in [-0.05, 0) is 17.2 Å². The molecule has 1 amide bonds. The first-order valence-corrected chi connectivity index (χ1v) is 8.23. The Hall–Kier alpha value is -1.46. The quantitative estimate of drug-likeness (QED) is 0.711. The van der Waals surface area contributed by atoms with E-state index in [0.29, 0.717) is 34.0 Å². The van der Waals surface area contributed by atoms with Crippen LogP contribution in [-0.2, 0) is 22.7 Å². The molecule has 0 saturated heterocycles. The third-order valence-electron chi connectivity index (χ3n) is 3.16. The summed E-state index contributed by atoms with van der Waals surface area (Å²) in [6.07, 6.45) is 0. The van der Waals surface area contributed by atoms with Gasteiger partial charge in [-0.3, -0.25) is 4.79 Å². The van der Waals surface area contributed by atoms with Crippen molar-refractivity contribution in [2.24, 2.45) is 0 Å². The van der Waals surface area contributed by atoms with Gasteiger partial charge in [-0.1, -0.05) is 59.1 Å². The maximum Gasteiger partial charge on any atom is 0.258 e. The average Bonchev–Trinajstić information content (AvgIpc) is 2.56. The molecule has 4 nitrogen and oxygen atoms in total. The van der Waals surface area contributed by atoms with Crippen molar-refractivity contribution in [2.75, 3.05) is 13.7 Å². The third-order valence-corrected chi connectivity index (χ3v) is 4.17. The van der Waals surface area contributed by atoms with Crippen LogP contribution in [0.4, 0.5) is 0 Å². The van der Waals surface area contributed by atoms with Gasteiger partial charge in [0.15, 0.2) is 6.61 Å². The normalized spacial score (nSPS) is 10.5. The van der Waals surface area contributed by atoms with E-state index >= 15 is 0 Å². The number of carbonyl (C=O) groups excluding carboxylic acids is 1. The van der Waals surface area contributed by atoms with Gasteiger partial charge in [0.1, 0.15) is 5.75 Å². The highest BCUT2D eigenvalue weighted by Gasteiger charge is 2.09. The Labute approximate surface area is 155 Å². The van der Waals surface area contributed by atoms with Crippen molar-refractivity contribution < 1.29 is 14.3 Å². The summed E-state index contributed by atoms with van der Waals surface area (Å²) in [4.78, 5) is 11.9. The zero-order valence-corrected chi connectivity index (χ0v) is 15.2. The second kappa shape index (κ2) is 9.14. The van der Waals surface area contributed by atoms with Crippen molar-refractivity contribution >= 4 is 40.7 Å². The Bertz CT molecular complexity index is 705. The van der Waals surface area contributed by atoms with Crippen molar-refractivity contribution in [3.05, 3.63) is 62.6 Å². The number of amides is 1. The van der Waals surface area contributed by atoms with Crippen LogP contribution in [0.5, 0.6) is 5.75 Å². The van der Waals surface area contributed by atoms with Crippen LogP contribution in [0.2, 0.25) is 15.1 Å². The Morgan fingerprint density at radius 2 is 1.62 bits per heavy atom. The second-order valence-electron chi connectivity index (χ2n) is 5.01. The van der Waals surface area contributed by atoms with Crippen molar-refractivity contribution in [2.45, 2.75) is 13.2 Å². The maximum atomic E-state index is 11.9. The topological polar surface area (TPSA) is 47.6 Å². The molecule has 24 heavy (non-hydrogen) atoms. The SMILES string of the molecule is COCc1ccc(CNC(=O)COc2cc(Cl)c(Cl)cc2Cl)cc1. The fourth-order valence-electron chi connectivity index (χ4n) is 1.93. The summed E-state index contributed by atoms with van der Waals surface area (Å²) in [5.74, 6) is 0.0447. The van der Waals surface area contributed by atoms with Crippen molar-refractivity contribution in [1.29, 1.82) is 0 Å². The van der Waals surface area contributed by atoms with Crippen LogP contribution in [0.15, 0.2) is 36.4 Å². The molecule has 2 aromatic rings. The van der Waals surface area contributed by atoms with E-state index in [0.717, 1.165) is 11.1 Å². The van der Waals surface area contributed by atoms with Crippen LogP contribution < -0.4 is 10.1 Å². The van der Waals surface area contributed by atoms with E-state index in [-0.39, 0.29) is 12.5 Å². The smallest absolute Gasteiger partial charge is 0.258 e. The summed E-state index contributed by atoms with van der Waals surface area (Å²) in [6.45, 7) is 0.800. The minimum absolute atomic E-state index is 0.167. The van der Waals surface area contributed by atoms with Gasteiger partial charge in [-0.15, -0.1) is 0 Å². The highest BCUT2D eigenvalue weighted by Crippen LogP contribution is 2.33. The lowest BCUT2D eigenvalue weighted by atomic mass is 10.1. The number of hydrogen-bond acceptors (Lipinski definition) is 3. The molecule has 0 bridgehead atoms. The molecule has 0 radical (unpaired) electrons. The highest BCUT2D eigenvalue weighted by molar-refractivity contribution is 6.43. The molecule has 7 heteroatoms.